The number of rotatable bonds is 5. The van der Waals surface area contributed by atoms with Gasteiger partial charge in [-0.3, -0.25) is 15.1 Å². The van der Waals surface area contributed by atoms with Crippen molar-refractivity contribution in [1.82, 2.24) is 24.8 Å². The van der Waals surface area contributed by atoms with Gasteiger partial charge in [0.05, 0.1) is 29.0 Å². The lowest BCUT2D eigenvalue weighted by molar-refractivity contribution is 0.102. The summed E-state index contributed by atoms with van der Waals surface area (Å²) in [6, 6.07) is 10.3. The molecular formula is C25H19F2N7OS. The maximum Gasteiger partial charge on any atom is 0.261 e. The van der Waals surface area contributed by atoms with Gasteiger partial charge in [-0.15, -0.1) is 10.2 Å². The molecule has 6 rings (SSSR count). The molecule has 1 aliphatic rings. The minimum atomic E-state index is -0.497. The first-order chi connectivity index (χ1) is 17.6. The van der Waals surface area contributed by atoms with E-state index in [1.165, 1.54) is 17.4 Å². The zero-order valence-electron chi connectivity index (χ0n) is 18.8. The van der Waals surface area contributed by atoms with Gasteiger partial charge in [0.25, 0.3) is 5.91 Å². The number of nitrogens with zero attached hydrogens (tertiary/aromatic N) is 6. The molecule has 1 saturated heterocycles. The van der Waals surface area contributed by atoms with Gasteiger partial charge in [0.2, 0.25) is 5.13 Å². The predicted octanol–water partition coefficient (Wildman–Crippen LogP) is 5.12. The predicted molar refractivity (Wildman–Crippen MR) is 132 cm³/mol. The zero-order valence-corrected chi connectivity index (χ0v) is 19.6. The van der Waals surface area contributed by atoms with Gasteiger partial charge in [0.15, 0.2) is 5.01 Å². The molecule has 180 valence electrons. The minimum Gasteiger partial charge on any atom is -0.364 e. The van der Waals surface area contributed by atoms with Gasteiger partial charge in [-0.05, 0) is 55.3 Å². The molecule has 8 nitrogen and oxygen atoms in total. The number of benzene rings is 1. The highest BCUT2D eigenvalue weighted by molar-refractivity contribution is 7.18. The number of halogens is 2. The van der Waals surface area contributed by atoms with Crippen molar-refractivity contribution in [2.45, 2.75) is 18.9 Å². The van der Waals surface area contributed by atoms with Gasteiger partial charge in [0.1, 0.15) is 11.6 Å². The van der Waals surface area contributed by atoms with Crippen LogP contribution in [0.15, 0.2) is 67.3 Å². The summed E-state index contributed by atoms with van der Waals surface area (Å²) in [6.07, 6.45) is 8.12. The van der Waals surface area contributed by atoms with Gasteiger partial charge in [-0.2, -0.15) is 5.10 Å². The Morgan fingerprint density at radius 1 is 1.11 bits per heavy atom. The fourth-order valence-electron chi connectivity index (χ4n) is 4.65. The third kappa shape index (κ3) is 3.97. The maximum atomic E-state index is 14.7. The highest BCUT2D eigenvalue weighted by atomic mass is 32.1. The van der Waals surface area contributed by atoms with Crippen molar-refractivity contribution in [1.29, 1.82) is 0 Å². The second-order valence-electron chi connectivity index (χ2n) is 8.36. The zero-order chi connectivity index (χ0) is 24.6. The molecule has 1 N–H and O–H groups in total. The summed E-state index contributed by atoms with van der Waals surface area (Å²) in [5.74, 6) is -1.36. The van der Waals surface area contributed by atoms with Crippen molar-refractivity contribution < 1.29 is 13.6 Å². The molecule has 1 aromatic carbocycles. The van der Waals surface area contributed by atoms with Crippen LogP contribution in [0.1, 0.15) is 34.8 Å². The molecular weight excluding hydrogens is 484 g/mol. The summed E-state index contributed by atoms with van der Waals surface area (Å²) in [5, 5.41) is 16.4. The van der Waals surface area contributed by atoms with E-state index in [0.29, 0.717) is 39.9 Å². The average molecular weight is 504 g/mol. The van der Waals surface area contributed by atoms with E-state index in [2.05, 4.69) is 25.6 Å². The van der Waals surface area contributed by atoms with Crippen LogP contribution in [0.5, 0.6) is 0 Å². The molecule has 0 radical (unpaired) electrons. The number of pyridine rings is 2. The van der Waals surface area contributed by atoms with Crippen molar-refractivity contribution in [2.24, 2.45) is 0 Å². The van der Waals surface area contributed by atoms with Crippen LogP contribution in [0, 0.1) is 11.6 Å². The first-order valence-corrected chi connectivity index (χ1v) is 12.1. The topological polar surface area (TPSA) is 88.3 Å². The molecule has 1 aliphatic heterocycles. The fraction of sp³-hybridized carbons (Fsp3) is 0.160. The Kier molecular flexibility index (Phi) is 5.61. The summed E-state index contributed by atoms with van der Waals surface area (Å²) in [5.41, 5.74) is 2.65. The highest BCUT2D eigenvalue weighted by Gasteiger charge is 2.32. The number of carbonyl (C=O) groups excluding carboxylic acids is 1. The Labute approximate surface area is 208 Å². The first kappa shape index (κ1) is 22.2. The summed E-state index contributed by atoms with van der Waals surface area (Å²) < 4.78 is 30.3. The smallest absolute Gasteiger partial charge is 0.261 e. The molecule has 1 atom stereocenters. The number of fused-ring (bicyclic) bond motifs is 1. The highest BCUT2D eigenvalue weighted by Crippen LogP contribution is 2.40. The molecule has 1 amide bonds. The summed E-state index contributed by atoms with van der Waals surface area (Å²) in [7, 11) is 0. The molecule has 0 saturated carbocycles. The Balaban J connectivity index is 1.38. The third-order valence-electron chi connectivity index (χ3n) is 6.22. The lowest BCUT2D eigenvalue weighted by Crippen LogP contribution is -2.27. The van der Waals surface area contributed by atoms with Crippen LogP contribution in [0.3, 0.4) is 0 Å². The molecule has 36 heavy (non-hydrogen) atoms. The van der Waals surface area contributed by atoms with E-state index in [1.807, 2.05) is 11.0 Å². The Hall–Kier alpha value is -4.25. The van der Waals surface area contributed by atoms with Crippen molar-refractivity contribution in [2.75, 3.05) is 16.8 Å². The van der Waals surface area contributed by atoms with Gasteiger partial charge in [-0.25, -0.2) is 13.3 Å². The van der Waals surface area contributed by atoms with Gasteiger partial charge in [-0.1, -0.05) is 11.3 Å². The Morgan fingerprint density at radius 3 is 2.89 bits per heavy atom. The van der Waals surface area contributed by atoms with Crippen molar-refractivity contribution >= 4 is 33.6 Å². The van der Waals surface area contributed by atoms with Crippen molar-refractivity contribution in [3.8, 4) is 10.6 Å². The quantitative estimate of drug-likeness (QED) is 0.358. The number of hydrogen-bond donors (Lipinski definition) is 1. The minimum absolute atomic E-state index is 0.275. The number of amides is 1. The summed E-state index contributed by atoms with van der Waals surface area (Å²) in [4.78, 5) is 19.7. The van der Waals surface area contributed by atoms with E-state index in [1.54, 1.807) is 47.5 Å². The standard InChI is InChI=1S/C25H19F2N7OS/c26-16-5-6-18(27)17(13-16)19-4-2-11-33(19)20-8-12-34-21(7-10-29-34)22(20)23(35)30-25-32-31-24(36-25)15-3-1-9-28-14-15/h1,3,5-10,12-14,19H,2,4,11H2,(H,30,32,35)/t19-/m1/s1. The molecule has 5 aromatic rings. The van der Waals surface area contributed by atoms with Crippen LogP contribution in [0.25, 0.3) is 16.1 Å². The SMILES string of the molecule is O=C(Nc1nnc(-c2cccnc2)s1)c1c(N2CCC[C@@H]2c2cc(F)ccc2F)ccn2nccc12. The second-order valence-corrected chi connectivity index (χ2v) is 9.34. The number of aromatic nitrogens is 5. The van der Waals surface area contributed by atoms with Crippen LogP contribution >= 0.6 is 11.3 Å². The van der Waals surface area contributed by atoms with E-state index < -0.39 is 23.6 Å². The van der Waals surface area contributed by atoms with E-state index in [-0.39, 0.29) is 5.56 Å². The molecule has 5 heterocycles. The average Bonchev–Trinajstić information content (AvgIpc) is 3.66. The number of carbonyl (C=O) groups is 1. The summed E-state index contributed by atoms with van der Waals surface area (Å²) in [6.45, 7) is 0.592. The van der Waals surface area contributed by atoms with Crippen LogP contribution in [0.2, 0.25) is 0 Å². The van der Waals surface area contributed by atoms with Gasteiger partial charge >= 0.3 is 0 Å². The second kappa shape index (κ2) is 9.08. The van der Waals surface area contributed by atoms with E-state index in [0.717, 1.165) is 24.1 Å². The van der Waals surface area contributed by atoms with E-state index in [9.17, 15) is 13.6 Å². The lowest BCUT2D eigenvalue weighted by atomic mass is 10.0. The molecule has 4 aromatic heterocycles. The van der Waals surface area contributed by atoms with Gasteiger partial charge in [0, 0.05) is 36.3 Å². The number of nitrogens with one attached hydrogen (secondary N) is 1. The normalized spacial score (nSPS) is 15.5. The molecule has 0 bridgehead atoms. The third-order valence-corrected chi connectivity index (χ3v) is 7.10. The Morgan fingerprint density at radius 2 is 2.03 bits per heavy atom. The van der Waals surface area contributed by atoms with Crippen LogP contribution in [0.4, 0.5) is 19.6 Å². The molecule has 11 heteroatoms. The Bertz CT molecular complexity index is 1570. The van der Waals surface area contributed by atoms with E-state index in [4.69, 9.17) is 0 Å². The number of hydrogen-bond acceptors (Lipinski definition) is 7. The van der Waals surface area contributed by atoms with Crippen molar-refractivity contribution in [3.05, 3.63) is 90.0 Å². The largest absolute Gasteiger partial charge is 0.364 e. The van der Waals surface area contributed by atoms with Crippen LogP contribution in [-0.4, -0.2) is 37.2 Å². The monoisotopic (exact) mass is 503 g/mol. The van der Waals surface area contributed by atoms with Crippen LogP contribution in [-0.2, 0) is 0 Å². The maximum absolute atomic E-state index is 14.7. The first-order valence-electron chi connectivity index (χ1n) is 11.3. The van der Waals surface area contributed by atoms with Gasteiger partial charge < -0.3 is 4.90 Å². The van der Waals surface area contributed by atoms with Crippen molar-refractivity contribution in [3.63, 3.8) is 0 Å². The fourth-order valence-corrected chi connectivity index (χ4v) is 5.38. The molecule has 0 aliphatic carbocycles. The lowest BCUT2D eigenvalue weighted by Gasteiger charge is -2.29. The molecule has 1 fully saturated rings. The molecule has 0 unspecified atom stereocenters. The van der Waals surface area contributed by atoms with E-state index >= 15 is 0 Å². The number of anilines is 2. The molecule has 0 spiro atoms. The summed E-state index contributed by atoms with van der Waals surface area (Å²) >= 11 is 1.23. The van der Waals surface area contributed by atoms with Crippen LogP contribution < -0.4 is 10.2 Å².